The lowest BCUT2D eigenvalue weighted by atomic mass is 10.0. The maximum absolute atomic E-state index is 12.3. The van der Waals surface area contributed by atoms with Crippen molar-refractivity contribution >= 4 is 24.2 Å². The van der Waals surface area contributed by atoms with Gasteiger partial charge < -0.3 is 4.74 Å². The van der Waals surface area contributed by atoms with E-state index in [-0.39, 0.29) is 30.7 Å². The molecular formula is C20H24ClNO3. The molecule has 25 heavy (non-hydrogen) atoms. The number of ketones is 1. The first-order chi connectivity index (χ1) is 11.6. The van der Waals surface area contributed by atoms with Gasteiger partial charge in [-0.1, -0.05) is 54.6 Å². The van der Waals surface area contributed by atoms with E-state index in [1.54, 1.807) is 11.8 Å². The van der Waals surface area contributed by atoms with Crippen LogP contribution in [0.2, 0.25) is 0 Å². The van der Waals surface area contributed by atoms with Gasteiger partial charge in [-0.25, -0.2) is 0 Å². The van der Waals surface area contributed by atoms with Crippen molar-refractivity contribution in [1.82, 2.24) is 4.90 Å². The standard InChI is InChI=1S/C20H23NO3.ClH/c1-3-24-20(23)15-21(2)14-13-19(22)18-11-9-17(10-12-18)16-7-5-4-6-8-16;/h4-12H,3,13-15H2,1-2H3;1H. The molecule has 0 saturated carbocycles. The minimum absolute atomic E-state index is 0. The second-order valence-corrected chi connectivity index (χ2v) is 5.66. The highest BCUT2D eigenvalue weighted by Crippen LogP contribution is 2.19. The van der Waals surface area contributed by atoms with E-state index < -0.39 is 0 Å². The molecule has 0 aromatic heterocycles. The molecule has 0 aliphatic rings. The van der Waals surface area contributed by atoms with Crippen LogP contribution in [0.25, 0.3) is 11.1 Å². The minimum Gasteiger partial charge on any atom is -0.465 e. The first-order valence-corrected chi connectivity index (χ1v) is 8.13. The Labute approximate surface area is 155 Å². The van der Waals surface area contributed by atoms with Crippen LogP contribution < -0.4 is 0 Å². The summed E-state index contributed by atoms with van der Waals surface area (Å²) in [4.78, 5) is 25.5. The molecule has 0 amide bonds. The molecule has 0 aliphatic heterocycles. The molecule has 2 aromatic rings. The highest BCUT2D eigenvalue weighted by Gasteiger charge is 2.11. The quantitative estimate of drug-likeness (QED) is 0.529. The topological polar surface area (TPSA) is 46.6 Å². The maximum Gasteiger partial charge on any atom is 0.320 e. The Hall–Kier alpha value is -2.17. The van der Waals surface area contributed by atoms with Crippen molar-refractivity contribution in [2.75, 3.05) is 26.7 Å². The summed E-state index contributed by atoms with van der Waals surface area (Å²) in [6, 6.07) is 17.7. The average Bonchev–Trinajstić information content (AvgIpc) is 2.61. The van der Waals surface area contributed by atoms with Gasteiger partial charge in [-0.05, 0) is 25.1 Å². The summed E-state index contributed by atoms with van der Waals surface area (Å²) in [5.41, 5.74) is 2.91. The number of benzene rings is 2. The smallest absolute Gasteiger partial charge is 0.320 e. The number of rotatable bonds is 8. The highest BCUT2D eigenvalue weighted by molar-refractivity contribution is 5.96. The van der Waals surface area contributed by atoms with Gasteiger partial charge in [0.05, 0.1) is 13.2 Å². The number of nitrogens with zero attached hydrogens (tertiary/aromatic N) is 1. The predicted molar refractivity (Wildman–Crippen MR) is 102 cm³/mol. The molecule has 2 aromatic carbocycles. The molecule has 0 radical (unpaired) electrons. The number of Topliss-reactive ketones (excluding diaryl/α,β-unsaturated/α-hetero) is 1. The Morgan fingerprint density at radius 3 is 2.16 bits per heavy atom. The summed E-state index contributed by atoms with van der Waals surface area (Å²) in [5, 5.41) is 0. The van der Waals surface area contributed by atoms with Crippen molar-refractivity contribution in [3.63, 3.8) is 0 Å². The summed E-state index contributed by atoms with van der Waals surface area (Å²) < 4.78 is 4.89. The molecule has 134 valence electrons. The van der Waals surface area contributed by atoms with E-state index in [0.29, 0.717) is 25.1 Å². The van der Waals surface area contributed by atoms with Crippen LogP contribution in [0.3, 0.4) is 0 Å². The van der Waals surface area contributed by atoms with Crippen LogP contribution in [0.4, 0.5) is 0 Å². The van der Waals surface area contributed by atoms with E-state index in [9.17, 15) is 9.59 Å². The zero-order valence-electron chi connectivity index (χ0n) is 14.6. The predicted octanol–water partition coefficient (Wildman–Crippen LogP) is 3.84. The van der Waals surface area contributed by atoms with Crippen molar-refractivity contribution in [2.24, 2.45) is 0 Å². The van der Waals surface area contributed by atoms with Gasteiger partial charge in [0.2, 0.25) is 0 Å². The molecule has 0 bridgehead atoms. The van der Waals surface area contributed by atoms with Gasteiger partial charge >= 0.3 is 5.97 Å². The van der Waals surface area contributed by atoms with E-state index in [4.69, 9.17) is 4.74 Å². The number of likely N-dealkylation sites (N-methyl/N-ethyl adjacent to an activating group) is 1. The monoisotopic (exact) mass is 361 g/mol. The fourth-order valence-electron chi connectivity index (χ4n) is 2.42. The Balaban J connectivity index is 0.00000312. The lowest BCUT2D eigenvalue weighted by Crippen LogP contribution is -2.29. The number of esters is 1. The Morgan fingerprint density at radius 1 is 0.960 bits per heavy atom. The van der Waals surface area contributed by atoms with Crippen molar-refractivity contribution in [3.05, 3.63) is 60.2 Å². The van der Waals surface area contributed by atoms with Gasteiger partial charge in [-0.2, -0.15) is 0 Å². The minimum atomic E-state index is -0.264. The first kappa shape index (κ1) is 20.9. The lowest BCUT2D eigenvalue weighted by molar-refractivity contribution is -0.144. The van der Waals surface area contributed by atoms with E-state index in [1.165, 1.54) is 0 Å². The van der Waals surface area contributed by atoms with Crippen LogP contribution in [-0.4, -0.2) is 43.4 Å². The molecule has 4 nitrogen and oxygen atoms in total. The van der Waals surface area contributed by atoms with Crippen molar-refractivity contribution in [3.8, 4) is 11.1 Å². The first-order valence-electron chi connectivity index (χ1n) is 8.13. The number of ether oxygens (including phenoxy) is 1. The van der Waals surface area contributed by atoms with Crippen LogP contribution in [0.5, 0.6) is 0 Å². The Bertz CT molecular complexity index is 671. The van der Waals surface area contributed by atoms with Gasteiger partial charge in [0.1, 0.15) is 0 Å². The van der Waals surface area contributed by atoms with Crippen molar-refractivity contribution < 1.29 is 14.3 Å². The lowest BCUT2D eigenvalue weighted by Gasteiger charge is -2.14. The number of hydrogen-bond acceptors (Lipinski definition) is 4. The van der Waals surface area contributed by atoms with Crippen LogP contribution in [0, 0.1) is 0 Å². The summed E-state index contributed by atoms with van der Waals surface area (Å²) in [7, 11) is 1.81. The van der Waals surface area contributed by atoms with Crippen LogP contribution in [0.15, 0.2) is 54.6 Å². The molecule has 0 spiro atoms. The largest absolute Gasteiger partial charge is 0.465 e. The van der Waals surface area contributed by atoms with Gasteiger partial charge in [0.15, 0.2) is 5.78 Å². The molecule has 5 heteroatoms. The number of carbonyl (C=O) groups is 2. The zero-order chi connectivity index (χ0) is 17.4. The normalized spacial score (nSPS) is 10.2. The molecule has 0 heterocycles. The molecule has 2 rings (SSSR count). The average molecular weight is 362 g/mol. The molecular weight excluding hydrogens is 338 g/mol. The highest BCUT2D eigenvalue weighted by atomic mass is 35.5. The van der Waals surface area contributed by atoms with Crippen LogP contribution in [0.1, 0.15) is 23.7 Å². The Morgan fingerprint density at radius 2 is 1.56 bits per heavy atom. The Kier molecular flexibility index (Phi) is 8.89. The molecule has 0 unspecified atom stereocenters. The van der Waals surface area contributed by atoms with Crippen LogP contribution >= 0.6 is 12.4 Å². The fraction of sp³-hybridized carbons (Fsp3) is 0.300. The number of carbonyl (C=O) groups excluding carboxylic acids is 2. The fourth-order valence-corrected chi connectivity index (χ4v) is 2.42. The molecule has 0 fully saturated rings. The third kappa shape index (κ3) is 6.69. The molecule has 0 atom stereocenters. The van der Waals surface area contributed by atoms with E-state index in [0.717, 1.165) is 11.1 Å². The molecule has 0 N–H and O–H groups in total. The summed E-state index contributed by atoms with van der Waals surface area (Å²) in [6.07, 6.45) is 0.376. The van der Waals surface area contributed by atoms with Crippen molar-refractivity contribution in [2.45, 2.75) is 13.3 Å². The summed E-state index contributed by atoms with van der Waals surface area (Å²) >= 11 is 0. The second kappa shape index (κ2) is 10.6. The van der Waals surface area contributed by atoms with Gasteiger partial charge in [-0.3, -0.25) is 14.5 Å². The maximum atomic E-state index is 12.3. The van der Waals surface area contributed by atoms with Gasteiger partial charge in [-0.15, -0.1) is 12.4 Å². The van der Waals surface area contributed by atoms with E-state index in [1.807, 2.05) is 61.6 Å². The third-order valence-corrected chi connectivity index (χ3v) is 3.74. The third-order valence-electron chi connectivity index (χ3n) is 3.74. The summed E-state index contributed by atoms with van der Waals surface area (Å²) in [6.45, 7) is 2.88. The number of halogens is 1. The second-order valence-electron chi connectivity index (χ2n) is 5.66. The van der Waals surface area contributed by atoms with Crippen LogP contribution in [-0.2, 0) is 9.53 Å². The number of hydrogen-bond donors (Lipinski definition) is 0. The molecule has 0 aliphatic carbocycles. The van der Waals surface area contributed by atoms with Gasteiger partial charge in [0, 0.05) is 18.5 Å². The zero-order valence-corrected chi connectivity index (χ0v) is 15.4. The van der Waals surface area contributed by atoms with Crippen molar-refractivity contribution in [1.29, 1.82) is 0 Å². The van der Waals surface area contributed by atoms with E-state index in [2.05, 4.69) is 0 Å². The summed E-state index contributed by atoms with van der Waals surface area (Å²) in [5.74, 6) is -0.190. The SMILES string of the molecule is CCOC(=O)CN(C)CCC(=O)c1ccc(-c2ccccc2)cc1.Cl. The van der Waals surface area contributed by atoms with E-state index >= 15 is 0 Å². The van der Waals surface area contributed by atoms with Gasteiger partial charge in [0.25, 0.3) is 0 Å². The molecule has 0 saturated heterocycles.